The lowest BCUT2D eigenvalue weighted by molar-refractivity contribution is -0.167. The van der Waals surface area contributed by atoms with Gasteiger partial charge in [0.15, 0.2) is 6.10 Å². The topological polar surface area (TPSA) is 78.9 Å². The van der Waals surface area contributed by atoms with Gasteiger partial charge in [0.05, 0.1) is 0 Å². The van der Waals surface area contributed by atoms with Crippen LogP contribution in [0.4, 0.5) is 0 Å². The van der Waals surface area contributed by atoms with Crippen molar-refractivity contribution in [3.05, 3.63) is 24.3 Å². The van der Waals surface area contributed by atoms with E-state index in [1.807, 2.05) is 0 Å². The van der Waals surface area contributed by atoms with Gasteiger partial charge in [0, 0.05) is 19.3 Å². The summed E-state index contributed by atoms with van der Waals surface area (Å²) in [5.41, 5.74) is 0. The van der Waals surface area contributed by atoms with Crippen LogP contribution in [0.3, 0.4) is 0 Å². The van der Waals surface area contributed by atoms with E-state index in [1.165, 1.54) is 289 Å². The number of hydrogen-bond donors (Lipinski definition) is 0. The Bertz CT molecular complexity index is 1240. The second-order valence-electron chi connectivity index (χ2n) is 23.8. The Morgan fingerprint density at radius 3 is 0.714 bits per heavy atom. The maximum absolute atomic E-state index is 12.9. The third-order valence-electron chi connectivity index (χ3n) is 16.0. The van der Waals surface area contributed by atoms with Crippen LogP contribution >= 0.6 is 0 Å². The molecular formula is C71H134O6. The summed E-state index contributed by atoms with van der Waals surface area (Å²) in [5, 5.41) is 0. The average Bonchev–Trinajstić information content (AvgIpc) is 3.43. The van der Waals surface area contributed by atoms with Crippen molar-refractivity contribution in [2.45, 2.75) is 399 Å². The van der Waals surface area contributed by atoms with Gasteiger partial charge in [-0.3, -0.25) is 14.4 Å². The van der Waals surface area contributed by atoms with Crippen molar-refractivity contribution in [3.63, 3.8) is 0 Å². The van der Waals surface area contributed by atoms with E-state index in [2.05, 4.69) is 45.1 Å². The number of carbonyl (C=O) groups is 3. The molecule has 0 radical (unpaired) electrons. The second-order valence-corrected chi connectivity index (χ2v) is 23.8. The van der Waals surface area contributed by atoms with E-state index >= 15 is 0 Å². The maximum Gasteiger partial charge on any atom is 0.306 e. The van der Waals surface area contributed by atoms with Gasteiger partial charge in [-0.1, -0.05) is 347 Å². The quantitative estimate of drug-likeness (QED) is 0.0261. The number of rotatable bonds is 65. The van der Waals surface area contributed by atoms with Gasteiger partial charge in [0.2, 0.25) is 0 Å². The van der Waals surface area contributed by atoms with Gasteiger partial charge in [0.25, 0.3) is 0 Å². The molecule has 454 valence electrons. The van der Waals surface area contributed by atoms with Crippen molar-refractivity contribution in [2.24, 2.45) is 0 Å². The maximum atomic E-state index is 12.9. The molecule has 0 saturated carbocycles. The molecule has 0 rings (SSSR count). The first kappa shape index (κ1) is 74.9. The van der Waals surface area contributed by atoms with E-state index in [9.17, 15) is 14.4 Å². The fourth-order valence-corrected chi connectivity index (χ4v) is 10.7. The van der Waals surface area contributed by atoms with E-state index in [0.717, 1.165) is 64.2 Å². The minimum atomic E-state index is -0.767. The largest absolute Gasteiger partial charge is 0.462 e. The highest BCUT2D eigenvalue weighted by atomic mass is 16.6. The molecule has 0 aliphatic carbocycles. The highest BCUT2D eigenvalue weighted by molar-refractivity contribution is 5.71. The molecule has 0 fully saturated rings. The van der Waals surface area contributed by atoms with Gasteiger partial charge in [-0.15, -0.1) is 0 Å². The second kappa shape index (κ2) is 66.4. The van der Waals surface area contributed by atoms with Gasteiger partial charge in [-0.2, -0.15) is 0 Å². The van der Waals surface area contributed by atoms with Gasteiger partial charge in [-0.25, -0.2) is 0 Å². The lowest BCUT2D eigenvalue weighted by Crippen LogP contribution is -2.30. The van der Waals surface area contributed by atoms with Crippen LogP contribution in [-0.4, -0.2) is 37.2 Å². The minimum Gasteiger partial charge on any atom is -0.462 e. The SMILES string of the molecule is CCCCCCC/C=C\C/C=C\CCCCCCCCCCCCCCCC(=O)OCC(COC(=O)CCCCCCCCCCCCCCCCCC)OC(=O)CCCCCCCCCCCCCCCCCCCC. The summed E-state index contributed by atoms with van der Waals surface area (Å²) in [5.74, 6) is -0.831. The van der Waals surface area contributed by atoms with Gasteiger partial charge >= 0.3 is 17.9 Å². The van der Waals surface area contributed by atoms with Crippen LogP contribution in [-0.2, 0) is 28.6 Å². The number of allylic oxidation sites excluding steroid dienone is 4. The number of ether oxygens (including phenoxy) is 3. The molecule has 6 heteroatoms. The summed E-state index contributed by atoms with van der Waals surface area (Å²) in [6.07, 6.45) is 80.5. The predicted molar refractivity (Wildman–Crippen MR) is 335 cm³/mol. The molecule has 0 aromatic heterocycles. The molecule has 0 N–H and O–H groups in total. The van der Waals surface area contributed by atoms with Crippen molar-refractivity contribution in [2.75, 3.05) is 13.2 Å². The highest BCUT2D eigenvalue weighted by Crippen LogP contribution is 2.19. The molecule has 0 amide bonds. The standard InChI is InChI=1S/C71H134O6/c1-4-7-10-13-16-19-22-25-28-31-33-34-35-36-37-38-39-41-43-46-49-52-55-58-61-64-70(73)76-67-68(66-75-69(72)63-60-57-54-51-48-45-42-30-27-24-21-18-15-12-9-6-3)77-71(74)65-62-59-56-53-50-47-44-40-32-29-26-23-20-17-14-11-8-5-2/h22,25,31,33,68H,4-21,23-24,26-30,32,34-67H2,1-3H3/b25-22-,33-31-. The molecule has 1 unspecified atom stereocenters. The van der Waals surface area contributed by atoms with Crippen molar-refractivity contribution < 1.29 is 28.6 Å². The van der Waals surface area contributed by atoms with Gasteiger partial charge < -0.3 is 14.2 Å². The average molecular weight is 1080 g/mol. The van der Waals surface area contributed by atoms with E-state index in [4.69, 9.17) is 14.2 Å². The van der Waals surface area contributed by atoms with Crippen molar-refractivity contribution >= 4 is 17.9 Å². The Hall–Kier alpha value is -2.11. The van der Waals surface area contributed by atoms with Crippen LogP contribution in [0, 0.1) is 0 Å². The number of hydrogen-bond acceptors (Lipinski definition) is 6. The number of carbonyl (C=O) groups excluding carboxylic acids is 3. The third kappa shape index (κ3) is 64.6. The zero-order valence-corrected chi connectivity index (χ0v) is 52.3. The minimum absolute atomic E-state index is 0.0640. The summed E-state index contributed by atoms with van der Waals surface area (Å²) in [6, 6.07) is 0. The molecule has 0 aliphatic rings. The van der Waals surface area contributed by atoms with E-state index in [-0.39, 0.29) is 31.1 Å². The predicted octanol–water partition coefficient (Wildman–Crippen LogP) is 23.8. The highest BCUT2D eigenvalue weighted by Gasteiger charge is 2.19. The summed E-state index contributed by atoms with van der Waals surface area (Å²) in [4.78, 5) is 38.4. The van der Waals surface area contributed by atoms with Crippen molar-refractivity contribution in [3.8, 4) is 0 Å². The third-order valence-corrected chi connectivity index (χ3v) is 16.0. The zero-order valence-electron chi connectivity index (χ0n) is 52.3. The molecule has 0 heterocycles. The molecule has 0 spiro atoms. The molecule has 0 saturated heterocycles. The molecule has 0 aromatic carbocycles. The lowest BCUT2D eigenvalue weighted by atomic mass is 10.0. The fourth-order valence-electron chi connectivity index (χ4n) is 10.7. The molecule has 1 atom stereocenters. The Kier molecular flexibility index (Phi) is 64.6. The monoisotopic (exact) mass is 1080 g/mol. The van der Waals surface area contributed by atoms with Gasteiger partial charge in [-0.05, 0) is 51.4 Å². The smallest absolute Gasteiger partial charge is 0.306 e. The Morgan fingerprint density at radius 1 is 0.260 bits per heavy atom. The Morgan fingerprint density at radius 2 is 0.468 bits per heavy atom. The number of unbranched alkanes of at least 4 members (excludes halogenated alkanes) is 50. The molecule has 77 heavy (non-hydrogen) atoms. The molecule has 0 aromatic rings. The molecular weight excluding hydrogens is 949 g/mol. The molecule has 6 nitrogen and oxygen atoms in total. The van der Waals surface area contributed by atoms with Crippen LogP contribution in [0.2, 0.25) is 0 Å². The first-order valence-electron chi connectivity index (χ1n) is 34.8. The molecule has 0 aliphatic heterocycles. The van der Waals surface area contributed by atoms with Crippen LogP contribution in [0.1, 0.15) is 393 Å². The van der Waals surface area contributed by atoms with E-state index in [1.54, 1.807) is 0 Å². The summed E-state index contributed by atoms with van der Waals surface area (Å²) < 4.78 is 17.0. The summed E-state index contributed by atoms with van der Waals surface area (Å²) >= 11 is 0. The van der Waals surface area contributed by atoms with Crippen LogP contribution in [0.5, 0.6) is 0 Å². The normalized spacial score (nSPS) is 12.1. The summed E-state index contributed by atoms with van der Waals surface area (Å²) in [6.45, 7) is 6.72. The fraction of sp³-hybridized carbons (Fsp3) is 0.901. The number of esters is 3. The Balaban J connectivity index is 4.26. The lowest BCUT2D eigenvalue weighted by Gasteiger charge is -2.18. The van der Waals surface area contributed by atoms with Crippen LogP contribution < -0.4 is 0 Å². The first-order valence-corrected chi connectivity index (χ1v) is 34.8. The van der Waals surface area contributed by atoms with Crippen molar-refractivity contribution in [1.82, 2.24) is 0 Å². The van der Waals surface area contributed by atoms with Crippen LogP contribution in [0.15, 0.2) is 24.3 Å². The van der Waals surface area contributed by atoms with Gasteiger partial charge in [0.1, 0.15) is 13.2 Å². The van der Waals surface area contributed by atoms with Crippen LogP contribution in [0.25, 0.3) is 0 Å². The van der Waals surface area contributed by atoms with E-state index in [0.29, 0.717) is 19.3 Å². The van der Waals surface area contributed by atoms with E-state index < -0.39 is 6.10 Å². The van der Waals surface area contributed by atoms with Crippen molar-refractivity contribution in [1.29, 1.82) is 0 Å². The summed E-state index contributed by atoms with van der Waals surface area (Å²) in [7, 11) is 0. The zero-order chi connectivity index (χ0) is 55.7. The first-order chi connectivity index (χ1) is 38.0. The molecule has 0 bridgehead atoms. The Labute approximate surface area is 481 Å².